The molecule has 2 aromatic carbocycles. The van der Waals surface area contributed by atoms with E-state index in [1.807, 2.05) is 63.2 Å². The molecule has 2 rings (SSSR count). The monoisotopic (exact) mass is 313 g/mol. The molecule has 0 saturated carbocycles. The van der Waals surface area contributed by atoms with Crippen molar-refractivity contribution in [2.75, 3.05) is 6.54 Å². The molecular formula is C19H23NO3. The Balaban J connectivity index is 2.02. The standard InChI is InChI=1S/C19H23NO3/c1-13(18(22)20-12-17(21)19(2,3)4)23-16-11-7-9-14-8-5-6-10-15(14)16/h5-11,13H,12H2,1-4H3,(H,20,22). The largest absolute Gasteiger partial charge is 0.480 e. The minimum atomic E-state index is -0.673. The van der Waals surface area contributed by atoms with E-state index in [-0.39, 0.29) is 18.2 Å². The van der Waals surface area contributed by atoms with E-state index in [0.29, 0.717) is 5.75 Å². The van der Waals surface area contributed by atoms with E-state index in [4.69, 9.17) is 4.74 Å². The first-order valence-electron chi connectivity index (χ1n) is 7.74. The highest BCUT2D eigenvalue weighted by Gasteiger charge is 2.23. The zero-order valence-electron chi connectivity index (χ0n) is 14.1. The average Bonchev–Trinajstić information content (AvgIpc) is 2.51. The van der Waals surface area contributed by atoms with Gasteiger partial charge in [0, 0.05) is 10.8 Å². The molecular weight excluding hydrogens is 290 g/mol. The minimum Gasteiger partial charge on any atom is -0.480 e. The molecule has 1 unspecified atom stereocenters. The normalized spacial score (nSPS) is 12.7. The second kappa shape index (κ2) is 6.82. The molecule has 0 aliphatic rings. The first-order valence-corrected chi connectivity index (χ1v) is 7.74. The Bertz CT molecular complexity index is 711. The third-order valence-corrected chi connectivity index (χ3v) is 3.68. The van der Waals surface area contributed by atoms with Crippen LogP contribution in [-0.4, -0.2) is 24.3 Å². The number of carbonyl (C=O) groups is 2. The number of nitrogens with one attached hydrogen (secondary N) is 1. The molecule has 0 aliphatic carbocycles. The van der Waals surface area contributed by atoms with E-state index in [9.17, 15) is 9.59 Å². The summed E-state index contributed by atoms with van der Waals surface area (Å²) in [6.45, 7) is 7.19. The third kappa shape index (κ3) is 4.31. The molecule has 1 N–H and O–H groups in total. The highest BCUT2D eigenvalue weighted by Crippen LogP contribution is 2.26. The molecule has 4 heteroatoms. The Morgan fingerprint density at radius 1 is 1.09 bits per heavy atom. The second-order valence-electron chi connectivity index (χ2n) is 6.63. The molecule has 23 heavy (non-hydrogen) atoms. The van der Waals surface area contributed by atoms with Gasteiger partial charge < -0.3 is 10.1 Å². The summed E-state index contributed by atoms with van der Waals surface area (Å²) in [5, 5.41) is 4.66. The lowest BCUT2D eigenvalue weighted by Crippen LogP contribution is -2.41. The van der Waals surface area contributed by atoms with E-state index in [0.717, 1.165) is 10.8 Å². The van der Waals surface area contributed by atoms with Crippen LogP contribution in [0.2, 0.25) is 0 Å². The lowest BCUT2D eigenvalue weighted by molar-refractivity contribution is -0.131. The van der Waals surface area contributed by atoms with Crippen molar-refractivity contribution < 1.29 is 14.3 Å². The van der Waals surface area contributed by atoms with Crippen LogP contribution >= 0.6 is 0 Å². The van der Waals surface area contributed by atoms with Gasteiger partial charge in [-0.25, -0.2) is 0 Å². The minimum absolute atomic E-state index is 0.0109. The molecule has 1 atom stereocenters. The summed E-state index contributed by atoms with van der Waals surface area (Å²) >= 11 is 0. The van der Waals surface area contributed by atoms with Crippen molar-refractivity contribution in [2.45, 2.75) is 33.8 Å². The Kier molecular flexibility index (Phi) is 5.04. The van der Waals surface area contributed by atoms with E-state index in [2.05, 4.69) is 5.32 Å². The molecule has 0 spiro atoms. The maximum atomic E-state index is 12.1. The van der Waals surface area contributed by atoms with Gasteiger partial charge in [-0.2, -0.15) is 0 Å². The molecule has 0 radical (unpaired) electrons. The summed E-state index contributed by atoms with van der Waals surface area (Å²) in [5.41, 5.74) is -0.465. The van der Waals surface area contributed by atoms with Crippen LogP contribution in [0.5, 0.6) is 5.75 Å². The quantitative estimate of drug-likeness (QED) is 0.921. The Morgan fingerprint density at radius 3 is 2.43 bits per heavy atom. The van der Waals surface area contributed by atoms with Crippen molar-refractivity contribution in [3.8, 4) is 5.75 Å². The average molecular weight is 313 g/mol. The number of ether oxygens (including phenoxy) is 1. The zero-order chi connectivity index (χ0) is 17.0. The highest BCUT2D eigenvalue weighted by molar-refractivity contribution is 5.91. The van der Waals surface area contributed by atoms with Crippen LogP contribution in [0.25, 0.3) is 10.8 Å². The van der Waals surface area contributed by atoms with Crippen molar-refractivity contribution in [3.05, 3.63) is 42.5 Å². The fourth-order valence-electron chi connectivity index (χ4n) is 2.12. The maximum Gasteiger partial charge on any atom is 0.261 e. The molecule has 0 aliphatic heterocycles. The number of Topliss-reactive ketones (excluding diaryl/α,β-unsaturated/α-hetero) is 1. The van der Waals surface area contributed by atoms with Gasteiger partial charge in [0.25, 0.3) is 5.91 Å². The van der Waals surface area contributed by atoms with Gasteiger partial charge in [0.15, 0.2) is 11.9 Å². The summed E-state index contributed by atoms with van der Waals surface area (Å²) < 4.78 is 5.78. The number of ketones is 1. The van der Waals surface area contributed by atoms with Gasteiger partial charge in [0.1, 0.15) is 5.75 Å². The summed E-state index contributed by atoms with van der Waals surface area (Å²) in [6.07, 6.45) is -0.673. The number of benzene rings is 2. The predicted molar refractivity (Wildman–Crippen MR) is 91.5 cm³/mol. The van der Waals surface area contributed by atoms with Gasteiger partial charge in [0.2, 0.25) is 0 Å². The van der Waals surface area contributed by atoms with Crippen molar-refractivity contribution in [3.63, 3.8) is 0 Å². The van der Waals surface area contributed by atoms with Crippen LogP contribution in [0.4, 0.5) is 0 Å². The van der Waals surface area contributed by atoms with E-state index in [1.54, 1.807) is 6.92 Å². The summed E-state index contributed by atoms with van der Waals surface area (Å²) in [5.74, 6) is 0.353. The highest BCUT2D eigenvalue weighted by atomic mass is 16.5. The topological polar surface area (TPSA) is 55.4 Å². The summed E-state index contributed by atoms with van der Waals surface area (Å²) in [7, 11) is 0. The second-order valence-corrected chi connectivity index (χ2v) is 6.63. The Morgan fingerprint density at radius 2 is 1.74 bits per heavy atom. The number of carbonyl (C=O) groups excluding carboxylic acids is 2. The van der Waals surface area contributed by atoms with Gasteiger partial charge in [-0.05, 0) is 18.4 Å². The Hall–Kier alpha value is -2.36. The molecule has 122 valence electrons. The summed E-state index contributed by atoms with van der Waals surface area (Å²) in [4.78, 5) is 24.0. The molecule has 4 nitrogen and oxygen atoms in total. The molecule has 2 aromatic rings. The van der Waals surface area contributed by atoms with E-state index in [1.165, 1.54) is 0 Å². The molecule has 0 aromatic heterocycles. The van der Waals surface area contributed by atoms with E-state index < -0.39 is 11.5 Å². The number of hydrogen-bond donors (Lipinski definition) is 1. The molecule has 0 fully saturated rings. The molecule has 0 bridgehead atoms. The van der Waals surface area contributed by atoms with Crippen LogP contribution in [0.3, 0.4) is 0 Å². The first-order chi connectivity index (χ1) is 10.8. The summed E-state index contributed by atoms with van der Waals surface area (Å²) in [6, 6.07) is 13.6. The van der Waals surface area contributed by atoms with Crippen LogP contribution in [0.15, 0.2) is 42.5 Å². The first kappa shape index (κ1) is 17.0. The van der Waals surface area contributed by atoms with Crippen molar-refractivity contribution in [1.82, 2.24) is 5.32 Å². The predicted octanol–water partition coefficient (Wildman–Crippen LogP) is 3.34. The fraction of sp³-hybridized carbons (Fsp3) is 0.368. The van der Waals surface area contributed by atoms with Gasteiger partial charge in [-0.15, -0.1) is 0 Å². The molecule has 0 saturated heterocycles. The molecule has 0 heterocycles. The number of rotatable bonds is 5. The van der Waals surface area contributed by atoms with Crippen molar-refractivity contribution >= 4 is 22.5 Å². The number of amides is 1. The van der Waals surface area contributed by atoms with Crippen LogP contribution in [0, 0.1) is 5.41 Å². The van der Waals surface area contributed by atoms with Crippen LogP contribution in [0.1, 0.15) is 27.7 Å². The van der Waals surface area contributed by atoms with E-state index >= 15 is 0 Å². The zero-order valence-corrected chi connectivity index (χ0v) is 14.1. The van der Waals surface area contributed by atoms with Gasteiger partial charge in [-0.3, -0.25) is 9.59 Å². The smallest absolute Gasteiger partial charge is 0.261 e. The maximum absolute atomic E-state index is 12.1. The lowest BCUT2D eigenvalue weighted by atomic mass is 9.91. The van der Waals surface area contributed by atoms with Gasteiger partial charge in [-0.1, -0.05) is 57.2 Å². The third-order valence-electron chi connectivity index (χ3n) is 3.68. The van der Waals surface area contributed by atoms with Crippen LogP contribution in [-0.2, 0) is 9.59 Å². The van der Waals surface area contributed by atoms with Gasteiger partial charge in [0.05, 0.1) is 6.54 Å². The van der Waals surface area contributed by atoms with Crippen molar-refractivity contribution in [2.24, 2.45) is 5.41 Å². The number of hydrogen-bond acceptors (Lipinski definition) is 3. The SMILES string of the molecule is CC(Oc1cccc2ccccc12)C(=O)NCC(=O)C(C)(C)C. The Labute approximate surface area is 136 Å². The van der Waals surface area contributed by atoms with Crippen molar-refractivity contribution in [1.29, 1.82) is 0 Å². The van der Waals surface area contributed by atoms with Crippen LogP contribution < -0.4 is 10.1 Å². The van der Waals surface area contributed by atoms with Gasteiger partial charge >= 0.3 is 0 Å². The molecule has 1 amide bonds. The number of fused-ring (bicyclic) bond motifs is 1. The fourth-order valence-corrected chi connectivity index (χ4v) is 2.12. The lowest BCUT2D eigenvalue weighted by Gasteiger charge is -2.19.